The molecule has 0 aliphatic carbocycles. The molecule has 4 nitrogen and oxygen atoms in total. The number of methoxy groups -OCH3 is 1. The van der Waals surface area contributed by atoms with Gasteiger partial charge in [0.2, 0.25) is 0 Å². The van der Waals surface area contributed by atoms with Crippen molar-refractivity contribution in [3.63, 3.8) is 0 Å². The molecule has 108 valence electrons. The molecule has 0 saturated carbocycles. The molecule has 0 N–H and O–H groups in total. The minimum Gasteiger partial charge on any atom is -0.382 e. The van der Waals surface area contributed by atoms with Crippen molar-refractivity contribution in [3.05, 3.63) is 16.1 Å². The van der Waals surface area contributed by atoms with Gasteiger partial charge in [0.25, 0.3) is 0 Å². The molecule has 1 aromatic heterocycles. The number of carbonyl (C=O) groups excluding carboxylic acids is 1. The predicted octanol–water partition coefficient (Wildman–Crippen LogP) is 2.61. The Bertz CT molecular complexity index is 396. The number of thiazole rings is 1. The van der Waals surface area contributed by atoms with E-state index in [1.165, 1.54) is 0 Å². The molecular formula is C14H23NO3S. The first kappa shape index (κ1) is 16.3. The summed E-state index contributed by atoms with van der Waals surface area (Å²) in [4.78, 5) is 16.3. The molecule has 5 heteroatoms. The summed E-state index contributed by atoms with van der Waals surface area (Å²) < 4.78 is 10.1. The maximum Gasteiger partial charge on any atom is 0.141 e. The van der Waals surface area contributed by atoms with Crippen LogP contribution in [0, 0.1) is 0 Å². The van der Waals surface area contributed by atoms with Crippen molar-refractivity contribution in [2.24, 2.45) is 0 Å². The van der Waals surface area contributed by atoms with Crippen LogP contribution in [-0.4, -0.2) is 37.7 Å². The van der Waals surface area contributed by atoms with Crippen molar-refractivity contribution in [3.8, 4) is 0 Å². The summed E-state index contributed by atoms with van der Waals surface area (Å²) >= 11 is 1.56. The highest BCUT2D eigenvalue weighted by atomic mass is 32.1. The van der Waals surface area contributed by atoms with E-state index in [4.69, 9.17) is 9.47 Å². The molecule has 1 rings (SSSR count). The Balaban J connectivity index is 2.30. The second-order valence-electron chi connectivity index (χ2n) is 5.45. The first-order valence-corrected chi connectivity index (χ1v) is 7.34. The molecule has 1 aromatic rings. The van der Waals surface area contributed by atoms with E-state index in [1.807, 2.05) is 5.38 Å². The van der Waals surface area contributed by atoms with Gasteiger partial charge in [-0.15, -0.1) is 11.3 Å². The predicted molar refractivity (Wildman–Crippen MR) is 76.8 cm³/mol. The van der Waals surface area contributed by atoms with Gasteiger partial charge in [-0.2, -0.15) is 0 Å². The number of rotatable bonds is 8. The van der Waals surface area contributed by atoms with E-state index in [-0.39, 0.29) is 11.2 Å². The van der Waals surface area contributed by atoms with Crippen LogP contribution >= 0.6 is 11.3 Å². The van der Waals surface area contributed by atoms with Gasteiger partial charge in [-0.3, -0.25) is 4.79 Å². The van der Waals surface area contributed by atoms with Crippen molar-refractivity contribution in [2.75, 3.05) is 26.9 Å². The van der Waals surface area contributed by atoms with Crippen LogP contribution < -0.4 is 0 Å². The summed E-state index contributed by atoms with van der Waals surface area (Å²) in [6.07, 6.45) is 0.850. The number of nitrogens with zero attached hydrogens (tertiary/aromatic N) is 1. The van der Waals surface area contributed by atoms with Crippen LogP contribution in [0.3, 0.4) is 0 Å². The van der Waals surface area contributed by atoms with E-state index in [1.54, 1.807) is 18.4 Å². The van der Waals surface area contributed by atoms with Gasteiger partial charge in [0, 0.05) is 24.3 Å². The molecule has 1 heterocycles. The molecule has 0 aromatic carbocycles. The average Bonchev–Trinajstić information content (AvgIpc) is 2.77. The van der Waals surface area contributed by atoms with Crippen molar-refractivity contribution < 1.29 is 14.3 Å². The molecule has 0 saturated heterocycles. The smallest absolute Gasteiger partial charge is 0.141 e. The number of ketones is 1. The van der Waals surface area contributed by atoms with Gasteiger partial charge in [0.05, 0.1) is 31.9 Å². The number of ether oxygens (including phenoxy) is 2. The summed E-state index contributed by atoms with van der Waals surface area (Å²) in [5.74, 6) is 0.173. The molecule has 0 spiro atoms. The van der Waals surface area contributed by atoms with E-state index in [0.29, 0.717) is 32.7 Å². The van der Waals surface area contributed by atoms with E-state index >= 15 is 0 Å². The monoisotopic (exact) mass is 285 g/mol. The van der Waals surface area contributed by atoms with Crippen LogP contribution in [0.2, 0.25) is 0 Å². The van der Waals surface area contributed by atoms with Crippen molar-refractivity contribution >= 4 is 17.1 Å². The van der Waals surface area contributed by atoms with Crippen LogP contribution in [0.4, 0.5) is 0 Å². The van der Waals surface area contributed by atoms with Crippen molar-refractivity contribution in [1.29, 1.82) is 0 Å². The molecule has 0 radical (unpaired) electrons. The first-order valence-electron chi connectivity index (χ1n) is 6.46. The summed E-state index contributed by atoms with van der Waals surface area (Å²) in [7, 11) is 1.63. The number of hydrogen-bond donors (Lipinski definition) is 0. The minimum atomic E-state index is 0.0427. The number of Topliss-reactive ketones (excluding diaryl/α,β-unsaturated/α-hetero) is 1. The zero-order valence-electron chi connectivity index (χ0n) is 12.2. The summed E-state index contributed by atoms with van der Waals surface area (Å²) in [6.45, 7) is 7.93. The summed E-state index contributed by atoms with van der Waals surface area (Å²) in [5, 5.41) is 2.93. The Labute approximate surface area is 119 Å². The van der Waals surface area contributed by atoms with Crippen LogP contribution in [-0.2, 0) is 26.1 Å². The maximum atomic E-state index is 11.8. The molecule has 0 fully saturated rings. The van der Waals surface area contributed by atoms with E-state index in [0.717, 1.165) is 10.7 Å². The van der Waals surface area contributed by atoms with E-state index in [2.05, 4.69) is 25.8 Å². The van der Waals surface area contributed by atoms with Gasteiger partial charge in [-0.25, -0.2) is 4.98 Å². The highest BCUT2D eigenvalue weighted by Crippen LogP contribution is 2.24. The van der Waals surface area contributed by atoms with Gasteiger partial charge in [-0.05, 0) is 0 Å². The Morgan fingerprint density at radius 3 is 2.63 bits per heavy atom. The SMILES string of the molecule is COCCOCCC(=O)Cc1nc(C(C)(C)C)cs1. The second kappa shape index (κ2) is 7.72. The van der Waals surface area contributed by atoms with Gasteiger partial charge in [0.15, 0.2) is 0 Å². The number of hydrogen-bond acceptors (Lipinski definition) is 5. The third kappa shape index (κ3) is 6.27. The summed E-state index contributed by atoms with van der Waals surface area (Å²) in [5.41, 5.74) is 1.10. The second-order valence-corrected chi connectivity index (χ2v) is 6.39. The van der Waals surface area contributed by atoms with Gasteiger partial charge in [-0.1, -0.05) is 20.8 Å². The van der Waals surface area contributed by atoms with Gasteiger partial charge >= 0.3 is 0 Å². The molecule has 0 amide bonds. The third-order valence-electron chi connectivity index (χ3n) is 2.63. The summed E-state index contributed by atoms with van der Waals surface area (Å²) in [6, 6.07) is 0. The Morgan fingerprint density at radius 2 is 2.05 bits per heavy atom. The largest absolute Gasteiger partial charge is 0.382 e. The normalized spacial score (nSPS) is 11.8. The fraction of sp³-hybridized carbons (Fsp3) is 0.714. The lowest BCUT2D eigenvalue weighted by atomic mass is 9.93. The molecule has 0 bridgehead atoms. The standard InChI is InChI=1S/C14H23NO3S/c1-14(2,3)12-10-19-13(15-12)9-11(16)5-6-18-8-7-17-4/h10H,5-9H2,1-4H3. The Kier molecular flexibility index (Phi) is 6.62. The zero-order chi connectivity index (χ0) is 14.3. The molecule has 0 aliphatic heterocycles. The Morgan fingerprint density at radius 1 is 1.32 bits per heavy atom. The van der Waals surface area contributed by atoms with E-state index < -0.39 is 0 Å². The lowest BCUT2D eigenvalue weighted by Gasteiger charge is -2.14. The van der Waals surface area contributed by atoms with Crippen LogP contribution in [0.1, 0.15) is 37.9 Å². The molecule has 0 aliphatic rings. The van der Waals surface area contributed by atoms with Gasteiger partial charge in [0.1, 0.15) is 10.8 Å². The van der Waals surface area contributed by atoms with Crippen LogP contribution in [0.15, 0.2) is 5.38 Å². The van der Waals surface area contributed by atoms with Crippen molar-refractivity contribution in [2.45, 2.75) is 39.0 Å². The lowest BCUT2D eigenvalue weighted by molar-refractivity contribution is -0.119. The lowest BCUT2D eigenvalue weighted by Crippen LogP contribution is -2.12. The maximum absolute atomic E-state index is 11.8. The minimum absolute atomic E-state index is 0.0427. The quantitative estimate of drug-likeness (QED) is 0.689. The van der Waals surface area contributed by atoms with Gasteiger partial charge < -0.3 is 9.47 Å². The molecule has 0 atom stereocenters. The molecule has 19 heavy (non-hydrogen) atoms. The third-order valence-corrected chi connectivity index (χ3v) is 3.47. The van der Waals surface area contributed by atoms with Crippen LogP contribution in [0.25, 0.3) is 0 Å². The fourth-order valence-corrected chi connectivity index (χ4v) is 2.47. The fourth-order valence-electron chi connectivity index (χ4n) is 1.42. The highest BCUT2D eigenvalue weighted by Gasteiger charge is 2.18. The molecular weight excluding hydrogens is 262 g/mol. The molecule has 0 unspecified atom stereocenters. The zero-order valence-corrected chi connectivity index (χ0v) is 13.0. The number of carbonyl (C=O) groups is 1. The van der Waals surface area contributed by atoms with E-state index in [9.17, 15) is 4.79 Å². The van der Waals surface area contributed by atoms with Crippen molar-refractivity contribution in [1.82, 2.24) is 4.98 Å². The first-order chi connectivity index (χ1) is 8.93. The highest BCUT2D eigenvalue weighted by molar-refractivity contribution is 7.09. The Hall–Kier alpha value is -0.780. The topological polar surface area (TPSA) is 48.4 Å². The number of aromatic nitrogens is 1. The van der Waals surface area contributed by atoms with Crippen LogP contribution in [0.5, 0.6) is 0 Å². The average molecular weight is 285 g/mol.